The third kappa shape index (κ3) is 2.95. The Bertz CT molecular complexity index is 897. The minimum atomic E-state index is -0.313. The molecule has 2 aromatic heterocycles. The van der Waals surface area contributed by atoms with Crippen molar-refractivity contribution in [2.75, 3.05) is 0 Å². The van der Waals surface area contributed by atoms with Crippen LogP contribution in [0.15, 0.2) is 53.2 Å². The topological polar surface area (TPSA) is 71.0 Å². The smallest absolute Gasteiger partial charge is 0.256 e. The predicted molar refractivity (Wildman–Crippen MR) is 89.8 cm³/mol. The summed E-state index contributed by atoms with van der Waals surface area (Å²) in [5, 5.41) is 12.3. The van der Waals surface area contributed by atoms with Crippen molar-refractivity contribution in [3.63, 3.8) is 0 Å². The molecule has 1 amide bonds. The molecular weight excluding hydrogens is 302 g/mol. The molecule has 5 heteroatoms. The fraction of sp³-hybridized carbons (Fsp3) is 0.158. The lowest BCUT2D eigenvalue weighted by Crippen LogP contribution is -2.23. The van der Waals surface area contributed by atoms with Gasteiger partial charge in [-0.2, -0.15) is 5.26 Å². The molecule has 120 valence electrons. The molecule has 0 radical (unpaired) electrons. The second kappa shape index (κ2) is 6.47. The largest absolute Gasteiger partial charge is 0.443 e. The Morgan fingerprint density at radius 2 is 1.88 bits per heavy atom. The number of carbonyl (C=O) groups is 1. The van der Waals surface area contributed by atoms with E-state index in [-0.39, 0.29) is 17.0 Å². The van der Waals surface area contributed by atoms with Crippen LogP contribution >= 0.6 is 0 Å². The maximum atomic E-state index is 12.5. The zero-order chi connectivity index (χ0) is 17.1. The van der Waals surface area contributed by atoms with Gasteiger partial charge in [0.1, 0.15) is 23.0 Å². The Kier molecular flexibility index (Phi) is 4.21. The van der Waals surface area contributed by atoms with Gasteiger partial charge in [-0.1, -0.05) is 29.8 Å². The molecular formula is C19H17N3O2. The molecule has 0 bridgehead atoms. The Labute approximate surface area is 140 Å². The van der Waals surface area contributed by atoms with Gasteiger partial charge in [0.15, 0.2) is 0 Å². The predicted octanol–water partition coefficient (Wildman–Crippen LogP) is 3.49. The number of carbonyl (C=O) groups excluding carboxylic acids is 1. The van der Waals surface area contributed by atoms with Crippen LogP contribution in [-0.2, 0) is 6.54 Å². The minimum Gasteiger partial charge on any atom is -0.443 e. The van der Waals surface area contributed by atoms with Crippen molar-refractivity contribution in [3.8, 4) is 12.0 Å². The lowest BCUT2D eigenvalue weighted by molar-refractivity contribution is 0.0949. The molecule has 0 saturated heterocycles. The molecule has 1 N–H and O–H groups in total. The van der Waals surface area contributed by atoms with Gasteiger partial charge in [-0.3, -0.25) is 9.36 Å². The van der Waals surface area contributed by atoms with Gasteiger partial charge in [0.05, 0.1) is 0 Å². The highest BCUT2D eigenvalue weighted by molar-refractivity contribution is 5.98. The summed E-state index contributed by atoms with van der Waals surface area (Å²) in [4.78, 5) is 12.5. The van der Waals surface area contributed by atoms with Crippen molar-refractivity contribution >= 4 is 5.91 Å². The van der Waals surface area contributed by atoms with Crippen molar-refractivity contribution in [2.24, 2.45) is 0 Å². The summed E-state index contributed by atoms with van der Waals surface area (Å²) in [6.45, 7) is 4.10. The normalized spacial score (nSPS) is 10.4. The maximum absolute atomic E-state index is 12.5. The van der Waals surface area contributed by atoms with E-state index in [2.05, 4.69) is 11.4 Å². The number of aromatic nitrogens is 1. The number of furan rings is 1. The number of rotatable bonds is 4. The number of amides is 1. The van der Waals surface area contributed by atoms with E-state index >= 15 is 0 Å². The van der Waals surface area contributed by atoms with E-state index in [1.807, 2.05) is 43.3 Å². The van der Waals surface area contributed by atoms with E-state index in [1.54, 1.807) is 23.9 Å². The Morgan fingerprint density at radius 3 is 2.50 bits per heavy atom. The third-order valence-electron chi connectivity index (χ3n) is 3.82. The first kappa shape index (κ1) is 15.6. The van der Waals surface area contributed by atoms with Crippen LogP contribution in [0.3, 0.4) is 0 Å². The monoisotopic (exact) mass is 319 g/mol. The van der Waals surface area contributed by atoms with Crippen molar-refractivity contribution in [1.29, 1.82) is 5.26 Å². The van der Waals surface area contributed by atoms with Crippen LogP contribution in [0.4, 0.5) is 0 Å². The Morgan fingerprint density at radius 1 is 1.21 bits per heavy atom. The molecule has 0 saturated carbocycles. The standard InChI is InChI=1S/C19H17N3O2/c1-13-5-7-15(8-6-13)12-21-18(23)17-14(2)24-19(16(17)11-20)22-9-3-4-10-22/h3-10H,12H2,1-2H3,(H,21,23). The van der Waals surface area contributed by atoms with Gasteiger partial charge in [-0.25, -0.2) is 0 Å². The fourth-order valence-corrected chi connectivity index (χ4v) is 2.54. The Balaban J connectivity index is 1.85. The highest BCUT2D eigenvalue weighted by Crippen LogP contribution is 2.25. The van der Waals surface area contributed by atoms with Crippen molar-refractivity contribution < 1.29 is 9.21 Å². The van der Waals surface area contributed by atoms with Gasteiger partial charge >= 0.3 is 0 Å². The van der Waals surface area contributed by atoms with Crippen LogP contribution < -0.4 is 5.32 Å². The van der Waals surface area contributed by atoms with E-state index in [1.165, 1.54) is 5.56 Å². The zero-order valence-electron chi connectivity index (χ0n) is 13.5. The van der Waals surface area contributed by atoms with E-state index in [4.69, 9.17) is 4.42 Å². The zero-order valence-corrected chi connectivity index (χ0v) is 13.5. The molecule has 0 aliphatic rings. The summed E-state index contributed by atoms with van der Waals surface area (Å²) in [6.07, 6.45) is 3.54. The number of nitrogens with zero attached hydrogens (tertiary/aromatic N) is 2. The molecule has 2 heterocycles. The van der Waals surface area contributed by atoms with E-state index in [0.29, 0.717) is 18.2 Å². The maximum Gasteiger partial charge on any atom is 0.256 e. The molecule has 24 heavy (non-hydrogen) atoms. The number of hydrogen-bond donors (Lipinski definition) is 1. The molecule has 1 aromatic carbocycles. The average molecular weight is 319 g/mol. The first-order valence-corrected chi connectivity index (χ1v) is 7.60. The number of nitriles is 1. The lowest BCUT2D eigenvalue weighted by atomic mass is 10.1. The molecule has 0 spiro atoms. The second-order valence-electron chi connectivity index (χ2n) is 5.58. The second-order valence-corrected chi connectivity index (χ2v) is 5.58. The first-order chi connectivity index (χ1) is 11.6. The van der Waals surface area contributed by atoms with Crippen molar-refractivity contribution in [1.82, 2.24) is 9.88 Å². The van der Waals surface area contributed by atoms with Crippen LogP contribution in [-0.4, -0.2) is 10.5 Å². The van der Waals surface area contributed by atoms with Crippen molar-refractivity contribution in [3.05, 3.63) is 76.8 Å². The van der Waals surface area contributed by atoms with Crippen LogP contribution in [0, 0.1) is 25.2 Å². The summed E-state index contributed by atoms with van der Waals surface area (Å²) < 4.78 is 7.33. The Hall–Kier alpha value is -3.26. The van der Waals surface area contributed by atoms with Crippen LogP contribution in [0.5, 0.6) is 0 Å². The number of nitrogens with one attached hydrogen (secondary N) is 1. The first-order valence-electron chi connectivity index (χ1n) is 7.60. The van der Waals surface area contributed by atoms with Gasteiger partial charge in [-0.05, 0) is 31.5 Å². The SMILES string of the molecule is Cc1ccc(CNC(=O)c2c(C)oc(-n3cccc3)c2C#N)cc1. The summed E-state index contributed by atoms with van der Waals surface area (Å²) in [7, 11) is 0. The van der Waals surface area contributed by atoms with Gasteiger partial charge in [0.25, 0.3) is 5.91 Å². The van der Waals surface area contributed by atoms with Gasteiger partial charge in [0.2, 0.25) is 5.88 Å². The molecule has 5 nitrogen and oxygen atoms in total. The molecule has 0 aliphatic heterocycles. The average Bonchev–Trinajstić information content (AvgIpc) is 3.21. The van der Waals surface area contributed by atoms with E-state index in [0.717, 1.165) is 5.56 Å². The van der Waals surface area contributed by atoms with Gasteiger partial charge in [-0.15, -0.1) is 0 Å². The van der Waals surface area contributed by atoms with E-state index < -0.39 is 0 Å². The summed E-state index contributed by atoms with van der Waals surface area (Å²) >= 11 is 0. The van der Waals surface area contributed by atoms with Crippen LogP contribution in [0.1, 0.15) is 32.8 Å². The molecule has 0 aliphatic carbocycles. The van der Waals surface area contributed by atoms with Crippen LogP contribution in [0.2, 0.25) is 0 Å². The van der Waals surface area contributed by atoms with E-state index in [9.17, 15) is 10.1 Å². The molecule has 0 fully saturated rings. The minimum absolute atomic E-state index is 0.241. The molecule has 0 atom stereocenters. The number of hydrogen-bond acceptors (Lipinski definition) is 3. The molecule has 3 aromatic rings. The molecule has 0 unspecified atom stereocenters. The highest BCUT2D eigenvalue weighted by atomic mass is 16.4. The summed E-state index contributed by atoms with van der Waals surface area (Å²) in [6, 6.07) is 13.7. The van der Waals surface area contributed by atoms with Crippen LogP contribution in [0.25, 0.3) is 5.88 Å². The highest BCUT2D eigenvalue weighted by Gasteiger charge is 2.24. The molecule has 3 rings (SSSR count). The summed E-state index contributed by atoms with van der Waals surface area (Å²) in [5.74, 6) is 0.476. The lowest BCUT2D eigenvalue weighted by Gasteiger charge is -2.05. The quantitative estimate of drug-likeness (QED) is 0.800. The number of aryl methyl sites for hydroxylation is 2. The summed E-state index contributed by atoms with van der Waals surface area (Å²) in [5.41, 5.74) is 2.69. The van der Waals surface area contributed by atoms with Gasteiger partial charge in [0, 0.05) is 18.9 Å². The number of benzene rings is 1. The van der Waals surface area contributed by atoms with Gasteiger partial charge < -0.3 is 9.73 Å². The van der Waals surface area contributed by atoms with Crippen molar-refractivity contribution in [2.45, 2.75) is 20.4 Å². The third-order valence-corrected chi connectivity index (χ3v) is 3.82. The fourth-order valence-electron chi connectivity index (χ4n) is 2.54.